The zero-order valence-electron chi connectivity index (χ0n) is 6.53. The summed E-state index contributed by atoms with van der Waals surface area (Å²) in [6.07, 6.45) is 8.12. The highest BCUT2D eigenvalue weighted by Gasteiger charge is 2.17. The Morgan fingerprint density at radius 2 is 2.25 bits per heavy atom. The topological polar surface area (TPSA) is 41.8 Å². The lowest BCUT2D eigenvalue weighted by molar-refractivity contribution is -0.115. The summed E-state index contributed by atoms with van der Waals surface area (Å²) in [6.45, 7) is 0. The highest BCUT2D eigenvalue weighted by atomic mass is 16.1. The summed E-state index contributed by atoms with van der Waals surface area (Å²) in [5.41, 5.74) is 1.41. The number of nitrogens with zero attached hydrogens (tertiary/aromatic N) is 2. The van der Waals surface area contributed by atoms with Gasteiger partial charge in [0.1, 0.15) is 0 Å². The van der Waals surface area contributed by atoms with E-state index in [1.165, 1.54) is 0 Å². The lowest BCUT2D eigenvalue weighted by atomic mass is 9.98. The molecule has 0 N–H and O–H groups in total. The van der Waals surface area contributed by atoms with Crippen LogP contribution < -0.4 is 0 Å². The van der Waals surface area contributed by atoms with E-state index in [2.05, 4.69) is 9.98 Å². The normalized spacial score (nSPS) is 21.2. The summed E-state index contributed by atoms with van der Waals surface area (Å²) < 4.78 is 0. The molecule has 12 heavy (non-hydrogen) atoms. The average molecular weight is 160 g/mol. The lowest BCUT2D eigenvalue weighted by Gasteiger charge is -2.09. The Morgan fingerprint density at radius 3 is 3.17 bits per heavy atom. The molecule has 3 nitrogen and oxygen atoms in total. The number of hydrogen-bond acceptors (Lipinski definition) is 3. The van der Waals surface area contributed by atoms with Crippen LogP contribution in [0.15, 0.2) is 33.5 Å². The summed E-state index contributed by atoms with van der Waals surface area (Å²) >= 11 is 0. The van der Waals surface area contributed by atoms with Gasteiger partial charge >= 0.3 is 0 Å². The Morgan fingerprint density at radius 1 is 1.33 bits per heavy atom. The smallest absolute Gasteiger partial charge is 0.166 e. The fraction of sp³-hybridized carbons (Fsp3) is 0.222. The molecule has 0 aromatic carbocycles. The Kier molecular flexibility index (Phi) is 1.70. The van der Waals surface area contributed by atoms with Gasteiger partial charge in [0.05, 0.1) is 11.3 Å². The van der Waals surface area contributed by atoms with Crippen LogP contribution in [0.1, 0.15) is 12.8 Å². The van der Waals surface area contributed by atoms with Gasteiger partial charge in [-0.3, -0.25) is 14.8 Å². The van der Waals surface area contributed by atoms with Crippen LogP contribution >= 0.6 is 0 Å². The van der Waals surface area contributed by atoms with Crippen molar-refractivity contribution in [2.45, 2.75) is 12.8 Å². The van der Waals surface area contributed by atoms with Gasteiger partial charge < -0.3 is 0 Å². The van der Waals surface area contributed by atoms with E-state index < -0.39 is 0 Å². The van der Waals surface area contributed by atoms with E-state index >= 15 is 0 Å². The Hall–Kier alpha value is -1.51. The van der Waals surface area contributed by atoms with Crippen LogP contribution in [0, 0.1) is 0 Å². The highest BCUT2D eigenvalue weighted by molar-refractivity contribution is 6.17. The molecule has 2 aliphatic rings. The molecule has 60 valence electrons. The number of fused-ring (bicyclic) bond motifs is 1. The maximum Gasteiger partial charge on any atom is 0.166 e. The number of hydrogen-bond donors (Lipinski definition) is 0. The number of aliphatic imine (C=N–C) groups is 2. The van der Waals surface area contributed by atoms with Crippen molar-refractivity contribution < 1.29 is 4.79 Å². The molecule has 0 radical (unpaired) electrons. The third-order valence-corrected chi connectivity index (χ3v) is 1.86. The van der Waals surface area contributed by atoms with Crippen molar-refractivity contribution in [1.29, 1.82) is 0 Å². The van der Waals surface area contributed by atoms with Crippen molar-refractivity contribution in [2.24, 2.45) is 9.98 Å². The van der Waals surface area contributed by atoms with Crippen LogP contribution in [0.4, 0.5) is 0 Å². The fourth-order valence-corrected chi connectivity index (χ4v) is 1.26. The molecule has 0 saturated heterocycles. The van der Waals surface area contributed by atoms with Gasteiger partial charge in [0.25, 0.3) is 0 Å². The van der Waals surface area contributed by atoms with Crippen molar-refractivity contribution in [3.8, 4) is 0 Å². The van der Waals surface area contributed by atoms with E-state index in [1.807, 2.05) is 6.08 Å². The van der Waals surface area contributed by atoms with E-state index in [9.17, 15) is 4.79 Å². The minimum atomic E-state index is 0.142. The summed E-state index contributed by atoms with van der Waals surface area (Å²) in [7, 11) is 0. The second-order valence-corrected chi connectivity index (χ2v) is 2.67. The van der Waals surface area contributed by atoms with Gasteiger partial charge in [-0.25, -0.2) is 0 Å². The largest absolute Gasteiger partial charge is 0.294 e. The number of ketones is 1. The molecule has 0 amide bonds. The molecule has 0 aromatic rings. The minimum absolute atomic E-state index is 0.142. The second-order valence-electron chi connectivity index (χ2n) is 2.67. The van der Waals surface area contributed by atoms with Gasteiger partial charge in [-0.1, -0.05) is 6.08 Å². The van der Waals surface area contributed by atoms with E-state index in [-0.39, 0.29) is 5.78 Å². The lowest BCUT2D eigenvalue weighted by Crippen LogP contribution is -2.07. The SMILES string of the molecule is O=C1CCC=C2N=CC=NC=C12. The van der Waals surface area contributed by atoms with Gasteiger partial charge in [0.2, 0.25) is 0 Å². The van der Waals surface area contributed by atoms with Crippen LogP contribution in [0.2, 0.25) is 0 Å². The third kappa shape index (κ3) is 1.13. The minimum Gasteiger partial charge on any atom is -0.294 e. The van der Waals surface area contributed by atoms with Gasteiger partial charge in [-0.15, -0.1) is 0 Å². The molecule has 0 bridgehead atoms. The van der Waals surface area contributed by atoms with Crippen LogP contribution in [0.25, 0.3) is 0 Å². The van der Waals surface area contributed by atoms with Crippen LogP contribution in [0.5, 0.6) is 0 Å². The van der Waals surface area contributed by atoms with Crippen LogP contribution in [-0.2, 0) is 4.79 Å². The molecule has 1 aliphatic carbocycles. The quantitative estimate of drug-likeness (QED) is 0.526. The zero-order valence-corrected chi connectivity index (χ0v) is 6.53. The maximum atomic E-state index is 11.3. The molecule has 0 fully saturated rings. The number of carbonyl (C=O) groups is 1. The number of allylic oxidation sites excluding steroid dienone is 2. The molecular weight excluding hydrogens is 152 g/mol. The molecule has 1 aliphatic heterocycles. The Bertz CT molecular complexity index is 334. The summed E-state index contributed by atoms with van der Waals surface area (Å²) in [5, 5.41) is 0. The molecule has 0 aromatic heterocycles. The average Bonchev–Trinajstić information content (AvgIpc) is 2.30. The van der Waals surface area contributed by atoms with Crippen molar-refractivity contribution in [2.75, 3.05) is 0 Å². The first-order chi connectivity index (χ1) is 5.88. The van der Waals surface area contributed by atoms with E-state index in [0.29, 0.717) is 12.0 Å². The number of carbonyl (C=O) groups excluding carboxylic acids is 1. The monoisotopic (exact) mass is 160 g/mol. The summed E-state index contributed by atoms with van der Waals surface area (Å²) in [5.74, 6) is 0.142. The molecular formula is C9H8N2O. The molecule has 0 atom stereocenters. The fourth-order valence-electron chi connectivity index (χ4n) is 1.26. The molecule has 2 rings (SSSR count). The van der Waals surface area contributed by atoms with Gasteiger partial charge in [-0.05, 0) is 6.42 Å². The second kappa shape index (κ2) is 2.85. The van der Waals surface area contributed by atoms with Crippen LogP contribution in [0.3, 0.4) is 0 Å². The van der Waals surface area contributed by atoms with Gasteiger partial charge in [-0.2, -0.15) is 0 Å². The standard InChI is InChI=1S/C9H8N2O/c12-9-3-1-2-8-7(9)6-10-4-5-11-8/h2,4-6H,1,3H2. The third-order valence-electron chi connectivity index (χ3n) is 1.86. The number of rotatable bonds is 0. The Balaban J connectivity index is 2.48. The first kappa shape index (κ1) is 7.16. The van der Waals surface area contributed by atoms with Gasteiger partial charge in [0.15, 0.2) is 5.78 Å². The molecule has 1 heterocycles. The first-order valence-corrected chi connectivity index (χ1v) is 3.87. The highest BCUT2D eigenvalue weighted by Crippen LogP contribution is 2.22. The predicted octanol–water partition coefficient (Wildman–Crippen LogP) is 1.27. The summed E-state index contributed by atoms with van der Waals surface area (Å²) in [6, 6.07) is 0. The van der Waals surface area contributed by atoms with Crippen molar-refractivity contribution in [3.63, 3.8) is 0 Å². The molecule has 0 spiro atoms. The van der Waals surface area contributed by atoms with E-state index in [0.717, 1.165) is 12.1 Å². The molecule has 0 saturated carbocycles. The Labute approximate surface area is 70.2 Å². The van der Waals surface area contributed by atoms with Crippen molar-refractivity contribution >= 4 is 18.2 Å². The van der Waals surface area contributed by atoms with Crippen LogP contribution in [-0.4, -0.2) is 18.2 Å². The first-order valence-electron chi connectivity index (χ1n) is 3.87. The molecule has 0 unspecified atom stereocenters. The van der Waals surface area contributed by atoms with E-state index in [4.69, 9.17) is 0 Å². The van der Waals surface area contributed by atoms with E-state index in [1.54, 1.807) is 18.6 Å². The predicted molar refractivity (Wildman–Crippen MR) is 47.4 cm³/mol. The van der Waals surface area contributed by atoms with Gasteiger partial charge in [0, 0.05) is 25.0 Å². The molecule has 3 heteroatoms. The maximum absolute atomic E-state index is 11.3. The number of Topliss-reactive ketones (excluding diaryl/α,β-unsaturated/α-hetero) is 1. The zero-order chi connectivity index (χ0) is 8.39. The summed E-state index contributed by atoms with van der Waals surface area (Å²) in [4.78, 5) is 19.3. The van der Waals surface area contributed by atoms with Crippen molar-refractivity contribution in [1.82, 2.24) is 0 Å². The van der Waals surface area contributed by atoms with Crippen molar-refractivity contribution in [3.05, 3.63) is 23.5 Å².